The number of aliphatic carboxylic acids is 1. The first-order valence-electron chi connectivity index (χ1n) is 8.80. The number of carbonyl (C=O) groups excluding carboxylic acids is 1. The van der Waals surface area contributed by atoms with Crippen LogP contribution in [0.3, 0.4) is 0 Å². The number of carboxylic acids is 1. The second-order valence-corrected chi connectivity index (χ2v) is 7.67. The molecule has 1 aliphatic rings. The second-order valence-electron chi connectivity index (χ2n) is 7.67. The maximum atomic E-state index is 12.4. The third-order valence-electron chi connectivity index (χ3n) is 5.15. The number of nitrogens with zero attached hydrogens (tertiary/aromatic N) is 1. The van der Waals surface area contributed by atoms with Gasteiger partial charge in [-0.2, -0.15) is 5.26 Å². The SMILES string of the molecule is CC(C)(C#N)c1ccc(NC(=O)CC2(CC(=O)O)CCCCC2)cc1. The molecular weight excluding hydrogens is 316 g/mol. The number of carbonyl (C=O) groups is 2. The molecule has 1 fully saturated rings. The quantitative estimate of drug-likeness (QED) is 0.809. The van der Waals surface area contributed by atoms with Crippen molar-refractivity contribution in [3.63, 3.8) is 0 Å². The average molecular weight is 342 g/mol. The predicted octanol–water partition coefficient (Wildman–Crippen LogP) is 4.24. The van der Waals surface area contributed by atoms with Crippen LogP contribution in [0.2, 0.25) is 0 Å². The lowest BCUT2D eigenvalue weighted by Crippen LogP contribution is -2.32. The number of hydrogen-bond acceptors (Lipinski definition) is 3. The lowest BCUT2D eigenvalue weighted by Gasteiger charge is -2.35. The largest absolute Gasteiger partial charge is 0.481 e. The lowest BCUT2D eigenvalue weighted by atomic mass is 9.69. The Balaban J connectivity index is 2.03. The number of anilines is 1. The molecule has 0 bridgehead atoms. The van der Waals surface area contributed by atoms with E-state index in [9.17, 15) is 20.0 Å². The summed E-state index contributed by atoms with van der Waals surface area (Å²) in [4.78, 5) is 23.7. The van der Waals surface area contributed by atoms with Gasteiger partial charge in [0.05, 0.1) is 17.9 Å². The smallest absolute Gasteiger partial charge is 0.303 e. The van der Waals surface area contributed by atoms with Gasteiger partial charge in [0.1, 0.15) is 0 Å². The van der Waals surface area contributed by atoms with Gasteiger partial charge in [-0.1, -0.05) is 31.4 Å². The molecule has 2 N–H and O–H groups in total. The Hall–Kier alpha value is -2.35. The van der Waals surface area contributed by atoms with Crippen molar-refractivity contribution in [2.75, 3.05) is 5.32 Å². The summed E-state index contributed by atoms with van der Waals surface area (Å²) in [6, 6.07) is 9.51. The van der Waals surface area contributed by atoms with Crippen LogP contribution in [0, 0.1) is 16.7 Å². The molecule has 2 rings (SSSR count). The number of rotatable bonds is 6. The Bertz CT molecular complexity index is 665. The summed E-state index contributed by atoms with van der Waals surface area (Å²) in [7, 11) is 0. The van der Waals surface area contributed by atoms with E-state index in [1.165, 1.54) is 0 Å². The molecule has 0 radical (unpaired) electrons. The molecule has 1 aromatic carbocycles. The Morgan fingerprint density at radius 2 is 1.76 bits per heavy atom. The minimum atomic E-state index is -0.835. The van der Waals surface area contributed by atoms with Crippen molar-refractivity contribution >= 4 is 17.6 Å². The molecule has 0 aromatic heterocycles. The summed E-state index contributed by atoms with van der Waals surface area (Å²) in [5.41, 5.74) is 0.569. The van der Waals surface area contributed by atoms with Crippen molar-refractivity contribution in [2.24, 2.45) is 5.41 Å². The van der Waals surface area contributed by atoms with E-state index in [1.807, 2.05) is 26.0 Å². The molecule has 25 heavy (non-hydrogen) atoms. The fourth-order valence-electron chi connectivity index (χ4n) is 3.62. The maximum absolute atomic E-state index is 12.4. The van der Waals surface area contributed by atoms with Crippen LogP contribution in [0.15, 0.2) is 24.3 Å². The van der Waals surface area contributed by atoms with Gasteiger partial charge in [-0.25, -0.2) is 0 Å². The van der Waals surface area contributed by atoms with E-state index in [0.29, 0.717) is 5.69 Å². The molecule has 1 saturated carbocycles. The van der Waals surface area contributed by atoms with E-state index in [-0.39, 0.29) is 18.7 Å². The van der Waals surface area contributed by atoms with Crippen LogP contribution >= 0.6 is 0 Å². The lowest BCUT2D eigenvalue weighted by molar-refractivity contribution is -0.140. The van der Waals surface area contributed by atoms with E-state index in [1.54, 1.807) is 12.1 Å². The average Bonchev–Trinajstić information content (AvgIpc) is 2.55. The molecule has 0 atom stereocenters. The zero-order valence-corrected chi connectivity index (χ0v) is 15.0. The molecule has 134 valence electrons. The summed E-state index contributed by atoms with van der Waals surface area (Å²) in [6.45, 7) is 3.69. The summed E-state index contributed by atoms with van der Waals surface area (Å²) in [5.74, 6) is -0.978. The zero-order valence-electron chi connectivity index (χ0n) is 15.0. The van der Waals surface area contributed by atoms with E-state index in [2.05, 4.69) is 11.4 Å². The fourth-order valence-corrected chi connectivity index (χ4v) is 3.62. The van der Waals surface area contributed by atoms with Gasteiger partial charge in [0.15, 0.2) is 0 Å². The number of nitriles is 1. The van der Waals surface area contributed by atoms with Gasteiger partial charge >= 0.3 is 5.97 Å². The number of benzene rings is 1. The van der Waals surface area contributed by atoms with Crippen LogP contribution in [0.5, 0.6) is 0 Å². The van der Waals surface area contributed by atoms with Crippen LogP contribution in [0.1, 0.15) is 64.4 Å². The molecule has 1 amide bonds. The van der Waals surface area contributed by atoms with Gasteiger partial charge in [0.25, 0.3) is 0 Å². The highest BCUT2D eigenvalue weighted by Crippen LogP contribution is 2.42. The first-order valence-corrected chi connectivity index (χ1v) is 8.80. The molecule has 0 unspecified atom stereocenters. The van der Waals surface area contributed by atoms with Crippen molar-refractivity contribution in [3.8, 4) is 6.07 Å². The molecule has 0 saturated heterocycles. The Kier molecular flexibility index (Phi) is 5.84. The number of amides is 1. The number of hydrogen-bond donors (Lipinski definition) is 2. The van der Waals surface area contributed by atoms with E-state index in [4.69, 9.17) is 0 Å². The van der Waals surface area contributed by atoms with Crippen molar-refractivity contribution in [1.82, 2.24) is 0 Å². The van der Waals surface area contributed by atoms with Crippen LogP contribution in [0.4, 0.5) is 5.69 Å². The topological polar surface area (TPSA) is 90.2 Å². The van der Waals surface area contributed by atoms with Gasteiger partial charge in [-0.15, -0.1) is 0 Å². The van der Waals surface area contributed by atoms with Gasteiger partial charge < -0.3 is 10.4 Å². The Labute approximate surface area is 149 Å². The molecule has 1 aliphatic carbocycles. The Morgan fingerprint density at radius 3 is 2.28 bits per heavy atom. The molecule has 0 spiro atoms. The standard InChI is InChI=1S/C20H26N2O3/c1-19(2,14-21)15-6-8-16(9-7-15)22-17(23)12-20(13-18(24)25)10-4-3-5-11-20/h6-9H,3-5,10-13H2,1-2H3,(H,22,23)(H,24,25). The van der Waals surface area contributed by atoms with Crippen molar-refractivity contribution in [1.29, 1.82) is 5.26 Å². The monoisotopic (exact) mass is 342 g/mol. The summed E-state index contributed by atoms with van der Waals surface area (Å²) >= 11 is 0. The number of carboxylic acid groups (broad SMARTS) is 1. The third kappa shape index (κ3) is 5.06. The highest BCUT2D eigenvalue weighted by atomic mass is 16.4. The van der Waals surface area contributed by atoms with Crippen molar-refractivity contribution in [3.05, 3.63) is 29.8 Å². The van der Waals surface area contributed by atoms with E-state index in [0.717, 1.165) is 37.7 Å². The molecule has 0 aliphatic heterocycles. The van der Waals surface area contributed by atoms with Gasteiger partial charge in [0.2, 0.25) is 5.91 Å². The molecule has 5 heteroatoms. The second kappa shape index (κ2) is 7.69. The molecule has 0 heterocycles. The van der Waals surface area contributed by atoms with Crippen LogP contribution in [-0.4, -0.2) is 17.0 Å². The van der Waals surface area contributed by atoms with E-state index >= 15 is 0 Å². The van der Waals surface area contributed by atoms with Crippen LogP contribution < -0.4 is 5.32 Å². The fraction of sp³-hybridized carbons (Fsp3) is 0.550. The van der Waals surface area contributed by atoms with Gasteiger partial charge in [-0.3, -0.25) is 9.59 Å². The minimum absolute atomic E-state index is 0.0513. The first kappa shape index (κ1) is 19.0. The minimum Gasteiger partial charge on any atom is -0.481 e. The van der Waals surface area contributed by atoms with Gasteiger partial charge in [0, 0.05) is 12.1 Å². The summed E-state index contributed by atoms with van der Waals surface area (Å²) in [6.07, 6.45) is 4.96. The normalized spacial score (nSPS) is 16.7. The highest BCUT2D eigenvalue weighted by molar-refractivity contribution is 5.91. The van der Waals surface area contributed by atoms with Crippen LogP contribution in [0.25, 0.3) is 0 Å². The van der Waals surface area contributed by atoms with Crippen molar-refractivity contribution < 1.29 is 14.7 Å². The summed E-state index contributed by atoms with van der Waals surface area (Å²) < 4.78 is 0. The van der Waals surface area contributed by atoms with Crippen molar-refractivity contribution in [2.45, 2.75) is 64.2 Å². The first-order chi connectivity index (χ1) is 11.8. The van der Waals surface area contributed by atoms with Gasteiger partial charge in [-0.05, 0) is 49.8 Å². The molecule has 5 nitrogen and oxygen atoms in total. The van der Waals surface area contributed by atoms with E-state index < -0.39 is 16.8 Å². The zero-order chi connectivity index (χ0) is 18.5. The van der Waals surface area contributed by atoms with Crippen LogP contribution in [-0.2, 0) is 15.0 Å². The molecular formula is C20H26N2O3. The Morgan fingerprint density at radius 1 is 1.16 bits per heavy atom. The number of nitrogens with one attached hydrogen (secondary N) is 1. The molecule has 1 aromatic rings. The summed E-state index contributed by atoms with van der Waals surface area (Å²) in [5, 5.41) is 21.3. The third-order valence-corrected chi connectivity index (χ3v) is 5.15. The predicted molar refractivity (Wildman–Crippen MR) is 96.1 cm³/mol. The maximum Gasteiger partial charge on any atom is 0.303 e. The highest BCUT2D eigenvalue weighted by Gasteiger charge is 2.36.